The van der Waals surface area contributed by atoms with Crippen LogP contribution < -0.4 is 0 Å². The normalized spacial score (nSPS) is 22.6. The van der Waals surface area contributed by atoms with Crippen LogP contribution in [0, 0.1) is 0 Å². The minimum Gasteiger partial charge on any atom is -0.391 e. The lowest BCUT2D eigenvalue weighted by Gasteiger charge is -2.27. The summed E-state index contributed by atoms with van der Waals surface area (Å²) in [4.78, 5) is 16.5. The van der Waals surface area contributed by atoms with E-state index in [1.807, 2.05) is 37.2 Å². The monoisotopic (exact) mass is 404 g/mol. The number of aliphatic hydroxyl groups is 1. The van der Waals surface area contributed by atoms with Crippen LogP contribution in [0.3, 0.4) is 0 Å². The van der Waals surface area contributed by atoms with Gasteiger partial charge in [0.15, 0.2) is 0 Å². The molecule has 2 unspecified atom stereocenters. The molecule has 1 saturated heterocycles. The van der Waals surface area contributed by atoms with Gasteiger partial charge in [0.05, 0.1) is 11.7 Å². The lowest BCUT2D eigenvalue weighted by Crippen LogP contribution is -2.41. The van der Waals surface area contributed by atoms with Gasteiger partial charge < -0.3 is 14.9 Å². The number of aliphatic hydroxyl groups excluding tert-OH is 1. The topological polar surface area (TPSA) is 43.8 Å². The van der Waals surface area contributed by atoms with Crippen LogP contribution >= 0.6 is 31.9 Å². The second kappa shape index (κ2) is 6.56. The first-order chi connectivity index (χ1) is 9.38. The van der Waals surface area contributed by atoms with Crippen LogP contribution in [-0.4, -0.2) is 60.1 Å². The molecule has 1 heterocycles. The van der Waals surface area contributed by atoms with E-state index in [0.717, 1.165) is 15.5 Å². The van der Waals surface area contributed by atoms with Crippen molar-refractivity contribution < 1.29 is 9.90 Å². The molecule has 1 fully saturated rings. The molecule has 20 heavy (non-hydrogen) atoms. The molecule has 1 aliphatic heterocycles. The average Bonchev–Trinajstić information content (AvgIpc) is 2.71. The Morgan fingerprint density at radius 2 is 2.15 bits per heavy atom. The number of amides is 1. The number of likely N-dealkylation sites (tertiary alicyclic amines) is 1. The first kappa shape index (κ1) is 15.9. The SMILES string of the molecule is CN(C)CC1CC(O)CN1C(=O)c1cc(Br)ccc1Br. The van der Waals surface area contributed by atoms with Gasteiger partial charge in [0.1, 0.15) is 0 Å². The summed E-state index contributed by atoms with van der Waals surface area (Å²) in [5.74, 6) is -0.0402. The summed E-state index contributed by atoms with van der Waals surface area (Å²) in [6, 6.07) is 5.60. The number of halogens is 2. The van der Waals surface area contributed by atoms with E-state index in [2.05, 4.69) is 31.9 Å². The van der Waals surface area contributed by atoms with Crippen molar-refractivity contribution in [2.24, 2.45) is 0 Å². The second-order valence-corrected chi connectivity index (χ2v) is 7.16. The van der Waals surface area contributed by atoms with Crippen LogP contribution in [0.2, 0.25) is 0 Å². The van der Waals surface area contributed by atoms with E-state index in [9.17, 15) is 9.90 Å². The molecule has 6 heteroatoms. The summed E-state index contributed by atoms with van der Waals surface area (Å²) < 4.78 is 1.64. The third-order valence-electron chi connectivity index (χ3n) is 3.39. The molecular weight excluding hydrogens is 388 g/mol. The maximum Gasteiger partial charge on any atom is 0.255 e. The van der Waals surface area contributed by atoms with Crippen molar-refractivity contribution in [3.63, 3.8) is 0 Å². The highest BCUT2D eigenvalue weighted by molar-refractivity contribution is 9.11. The summed E-state index contributed by atoms with van der Waals surface area (Å²) in [6.45, 7) is 1.16. The van der Waals surface area contributed by atoms with E-state index in [4.69, 9.17) is 0 Å². The van der Waals surface area contributed by atoms with Crippen molar-refractivity contribution in [3.8, 4) is 0 Å². The van der Waals surface area contributed by atoms with Gasteiger partial charge in [-0.15, -0.1) is 0 Å². The summed E-state index contributed by atoms with van der Waals surface area (Å²) >= 11 is 6.81. The van der Waals surface area contributed by atoms with Gasteiger partial charge in [0.25, 0.3) is 5.91 Å². The van der Waals surface area contributed by atoms with Crippen molar-refractivity contribution in [3.05, 3.63) is 32.7 Å². The number of hydrogen-bond donors (Lipinski definition) is 1. The molecule has 0 radical (unpaired) electrons. The van der Waals surface area contributed by atoms with Gasteiger partial charge in [0, 0.05) is 28.1 Å². The maximum absolute atomic E-state index is 12.7. The third kappa shape index (κ3) is 3.61. The van der Waals surface area contributed by atoms with E-state index in [1.54, 1.807) is 4.90 Å². The maximum atomic E-state index is 12.7. The number of rotatable bonds is 3. The van der Waals surface area contributed by atoms with Crippen molar-refractivity contribution in [2.75, 3.05) is 27.2 Å². The largest absolute Gasteiger partial charge is 0.391 e. The number of hydrogen-bond acceptors (Lipinski definition) is 3. The molecule has 2 atom stereocenters. The van der Waals surface area contributed by atoms with Gasteiger partial charge in [-0.25, -0.2) is 0 Å². The number of β-amino-alcohol motifs (C(OH)–C–C–N with tert-alkyl or cyclic N) is 1. The molecule has 0 bridgehead atoms. The van der Waals surface area contributed by atoms with Crippen LogP contribution in [0.1, 0.15) is 16.8 Å². The fourth-order valence-corrected chi connectivity index (χ4v) is 3.33. The fraction of sp³-hybridized carbons (Fsp3) is 0.500. The number of carbonyl (C=O) groups is 1. The Hall–Kier alpha value is -0.430. The van der Waals surface area contributed by atoms with E-state index in [-0.39, 0.29) is 11.9 Å². The van der Waals surface area contributed by atoms with Crippen molar-refractivity contribution in [2.45, 2.75) is 18.6 Å². The summed E-state index contributed by atoms with van der Waals surface area (Å²) in [6.07, 6.45) is 0.199. The standard InChI is InChI=1S/C14H18Br2N2O2/c1-17(2)7-10-6-11(19)8-18(10)14(20)12-5-9(15)3-4-13(12)16/h3-5,10-11,19H,6-8H2,1-2H3. The zero-order valence-corrected chi connectivity index (χ0v) is 14.7. The number of likely N-dealkylation sites (N-methyl/N-ethyl adjacent to an activating group) is 1. The van der Waals surface area contributed by atoms with Crippen molar-refractivity contribution in [1.82, 2.24) is 9.80 Å². The van der Waals surface area contributed by atoms with Crippen LogP contribution in [0.15, 0.2) is 27.1 Å². The van der Waals surface area contributed by atoms with E-state index in [0.29, 0.717) is 18.5 Å². The van der Waals surface area contributed by atoms with Gasteiger partial charge in [-0.3, -0.25) is 4.79 Å². The minimum absolute atomic E-state index is 0.0402. The lowest BCUT2D eigenvalue weighted by atomic mass is 10.1. The zero-order valence-electron chi connectivity index (χ0n) is 11.5. The van der Waals surface area contributed by atoms with Crippen molar-refractivity contribution >= 4 is 37.8 Å². The number of nitrogens with zero attached hydrogens (tertiary/aromatic N) is 2. The third-order valence-corrected chi connectivity index (χ3v) is 4.57. The highest BCUT2D eigenvalue weighted by Gasteiger charge is 2.35. The molecule has 1 aromatic rings. The predicted molar refractivity (Wildman–Crippen MR) is 85.8 cm³/mol. The van der Waals surface area contributed by atoms with Crippen molar-refractivity contribution in [1.29, 1.82) is 0 Å². The molecule has 1 aromatic carbocycles. The highest BCUT2D eigenvalue weighted by Crippen LogP contribution is 2.27. The Labute approximate surface area is 136 Å². The van der Waals surface area contributed by atoms with Gasteiger partial charge >= 0.3 is 0 Å². The van der Waals surface area contributed by atoms with Crippen LogP contribution in [0.25, 0.3) is 0 Å². The van der Waals surface area contributed by atoms with Gasteiger partial charge in [-0.2, -0.15) is 0 Å². The Balaban J connectivity index is 2.24. The smallest absolute Gasteiger partial charge is 0.255 e. The van der Waals surface area contributed by atoms with Crippen LogP contribution in [-0.2, 0) is 0 Å². The predicted octanol–water partition coefficient (Wildman–Crippen LogP) is 2.35. The molecule has 0 aliphatic carbocycles. The summed E-state index contributed by atoms with van der Waals surface area (Å²) in [5, 5.41) is 9.87. The van der Waals surface area contributed by atoms with Gasteiger partial charge in [0.2, 0.25) is 0 Å². The lowest BCUT2D eigenvalue weighted by molar-refractivity contribution is 0.0698. The Bertz CT molecular complexity index is 508. The zero-order chi connectivity index (χ0) is 14.9. The molecular formula is C14H18Br2N2O2. The summed E-state index contributed by atoms with van der Waals surface area (Å²) in [5.41, 5.74) is 0.622. The summed E-state index contributed by atoms with van der Waals surface area (Å²) in [7, 11) is 3.95. The molecule has 0 aromatic heterocycles. The van der Waals surface area contributed by atoms with E-state index >= 15 is 0 Å². The second-order valence-electron chi connectivity index (χ2n) is 5.39. The molecule has 1 N–H and O–H groups in total. The Morgan fingerprint density at radius 3 is 2.80 bits per heavy atom. The quantitative estimate of drug-likeness (QED) is 0.839. The van der Waals surface area contributed by atoms with Gasteiger partial charge in [-0.05, 0) is 54.6 Å². The molecule has 1 amide bonds. The molecule has 0 saturated carbocycles. The number of carbonyl (C=O) groups excluding carboxylic acids is 1. The van der Waals surface area contributed by atoms with E-state index in [1.165, 1.54) is 0 Å². The first-order valence-electron chi connectivity index (χ1n) is 6.47. The van der Waals surface area contributed by atoms with Gasteiger partial charge in [-0.1, -0.05) is 15.9 Å². The highest BCUT2D eigenvalue weighted by atomic mass is 79.9. The molecule has 2 rings (SSSR count). The Morgan fingerprint density at radius 1 is 1.45 bits per heavy atom. The average molecular weight is 406 g/mol. The van der Waals surface area contributed by atoms with Crippen LogP contribution in [0.4, 0.5) is 0 Å². The van der Waals surface area contributed by atoms with E-state index < -0.39 is 6.10 Å². The molecule has 4 nitrogen and oxygen atoms in total. The van der Waals surface area contributed by atoms with Crippen LogP contribution in [0.5, 0.6) is 0 Å². The molecule has 110 valence electrons. The number of benzene rings is 1. The molecule has 0 spiro atoms. The fourth-order valence-electron chi connectivity index (χ4n) is 2.55. The minimum atomic E-state index is -0.435. The molecule has 1 aliphatic rings. The Kier molecular flexibility index (Phi) is 5.23. The first-order valence-corrected chi connectivity index (χ1v) is 8.06.